The molecule has 1 aromatic rings. The minimum absolute atomic E-state index is 0.143. The lowest BCUT2D eigenvalue weighted by Gasteiger charge is -2.20. The lowest BCUT2D eigenvalue weighted by Crippen LogP contribution is -2.42. The summed E-state index contributed by atoms with van der Waals surface area (Å²) in [5.41, 5.74) is 0. The van der Waals surface area contributed by atoms with Gasteiger partial charge in [-0.15, -0.1) is 11.3 Å². The normalized spacial score (nSPS) is 10.3. The monoisotopic (exact) mass is 286 g/mol. The molecule has 7 heteroatoms. The van der Waals surface area contributed by atoms with Crippen LogP contribution in [0.2, 0.25) is 0 Å². The number of thiophene rings is 1. The number of aryl methyl sites for hydroxylation is 1. The molecule has 0 saturated heterocycles. The first-order chi connectivity index (χ1) is 9.08. The topological polar surface area (TPSA) is 89.9 Å². The van der Waals surface area contributed by atoms with Crippen LogP contribution in [-0.2, 0) is 4.79 Å². The summed E-state index contributed by atoms with van der Waals surface area (Å²) in [6.07, 6.45) is 0. The Morgan fingerprint density at radius 3 is 2.37 bits per heavy atom. The van der Waals surface area contributed by atoms with Crippen LogP contribution in [0.5, 0.6) is 0 Å². The van der Waals surface area contributed by atoms with Gasteiger partial charge in [0.25, 0.3) is 5.91 Å². The molecule has 1 heterocycles. The summed E-state index contributed by atoms with van der Waals surface area (Å²) in [5, 5.41) is 20.1. The summed E-state index contributed by atoms with van der Waals surface area (Å²) in [5.74, 6) is -0.621. The second kappa shape index (κ2) is 7.88. The fourth-order valence-corrected chi connectivity index (χ4v) is 2.30. The van der Waals surface area contributed by atoms with Crippen molar-refractivity contribution in [3.05, 3.63) is 21.9 Å². The molecule has 0 atom stereocenters. The summed E-state index contributed by atoms with van der Waals surface area (Å²) >= 11 is 1.36. The number of hydrogen-bond donors (Lipinski definition) is 3. The van der Waals surface area contributed by atoms with Crippen molar-refractivity contribution in [2.75, 3.05) is 32.8 Å². The predicted octanol–water partition coefficient (Wildman–Crippen LogP) is -0.400. The minimum Gasteiger partial charge on any atom is -0.395 e. The third kappa shape index (κ3) is 4.98. The van der Waals surface area contributed by atoms with Gasteiger partial charge >= 0.3 is 0 Å². The SMILES string of the molecule is Cc1ccc(C(=O)NCC(=O)N(CCO)CCO)s1. The molecule has 1 rings (SSSR count). The number of aliphatic hydroxyl groups excluding tert-OH is 2. The molecule has 0 aliphatic heterocycles. The summed E-state index contributed by atoms with van der Waals surface area (Å²) in [4.78, 5) is 26.4. The number of aliphatic hydroxyl groups is 2. The van der Waals surface area contributed by atoms with E-state index in [1.807, 2.05) is 13.0 Å². The van der Waals surface area contributed by atoms with Gasteiger partial charge in [-0.05, 0) is 19.1 Å². The number of amides is 2. The quantitative estimate of drug-likeness (QED) is 0.636. The molecule has 0 saturated carbocycles. The fourth-order valence-electron chi connectivity index (χ4n) is 1.51. The van der Waals surface area contributed by atoms with E-state index >= 15 is 0 Å². The summed E-state index contributed by atoms with van der Waals surface area (Å²) in [6, 6.07) is 3.55. The number of nitrogens with zero attached hydrogens (tertiary/aromatic N) is 1. The van der Waals surface area contributed by atoms with Crippen LogP contribution in [0, 0.1) is 6.92 Å². The average Bonchev–Trinajstić information content (AvgIpc) is 2.82. The predicted molar refractivity (Wildman–Crippen MR) is 72.1 cm³/mol. The lowest BCUT2D eigenvalue weighted by molar-refractivity contribution is -0.131. The van der Waals surface area contributed by atoms with Gasteiger partial charge in [0, 0.05) is 18.0 Å². The summed E-state index contributed by atoms with van der Waals surface area (Å²) in [7, 11) is 0. The number of nitrogens with one attached hydrogen (secondary N) is 1. The van der Waals surface area contributed by atoms with Crippen molar-refractivity contribution in [2.45, 2.75) is 6.92 Å². The fraction of sp³-hybridized carbons (Fsp3) is 0.500. The molecule has 19 heavy (non-hydrogen) atoms. The van der Waals surface area contributed by atoms with Gasteiger partial charge in [-0.25, -0.2) is 0 Å². The molecule has 1 aromatic heterocycles. The molecule has 0 spiro atoms. The van der Waals surface area contributed by atoms with Gasteiger partial charge in [-0.3, -0.25) is 9.59 Å². The third-order valence-corrected chi connectivity index (χ3v) is 3.46. The highest BCUT2D eigenvalue weighted by molar-refractivity contribution is 7.13. The van der Waals surface area contributed by atoms with Crippen LogP contribution in [0.4, 0.5) is 0 Å². The average molecular weight is 286 g/mol. The van der Waals surface area contributed by atoms with Gasteiger partial charge in [0.1, 0.15) is 0 Å². The maximum absolute atomic E-state index is 11.8. The van der Waals surface area contributed by atoms with Gasteiger partial charge in [-0.2, -0.15) is 0 Å². The molecule has 3 N–H and O–H groups in total. The van der Waals surface area contributed by atoms with Crippen molar-refractivity contribution in [3.63, 3.8) is 0 Å². The molecular formula is C12H18N2O4S. The lowest BCUT2D eigenvalue weighted by atomic mass is 10.4. The highest BCUT2D eigenvalue weighted by atomic mass is 32.1. The molecule has 2 amide bonds. The van der Waals surface area contributed by atoms with Crippen molar-refractivity contribution in [1.82, 2.24) is 10.2 Å². The molecular weight excluding hydrogens is 268 g/mol. The molecule has 0 radical (unpaired) electrons. The Labute approximate surface area is 115 Å². The van der Waals surface area contributed by atoms with E-state index < -0.39 is 0 Å². The van der Waals surface area contributed by atoms with Crippen molar-refractivity contribution in [3.8, 4) is 0 Å². The van der Waals surface area contributed by atoms with E-state index in [4.69, 9.17) is 10.2 Å². The van der Waals surface area contributed by atoms with E-state index in [9.17, 15) is 9.59 Å². The van der Waals surface area contributed by atoms with E-state index in [0.717, 1.165) is 4.88 Å². The molecule has 0 bridgehead atoms. The van der Waals surface area contributed by atoms with Crippen LogP contribution in [0.15, 0.2) is 12.1 Å². The van der Waals surface area contributed by atoms with Crippen molar-refractivity contribution >= 4 is 23.2 Å². The number of carbonyl (C=O) groups excluding carboxylic acids is 2. The molecule has 0 aliphatic carbocycles. The smallest absolute Gasteiger partial charge is 0.261 e. The first kappa shape index (κ1) is 15.6. The Kier molecular flexibility index (Phi) is 6.48. The highest BCUT2D eigenvalue weighted by Gasteiger charge is 2.14. The van der Waals surface area contributed by atoms with Gasteiger partial charge in [0.15, 0.2) is 0 Å². The Morgan fingerprint density at radius 1 is 1.26 bits per heavy atom. The minimum atomic E-state index is -0.329. The standard InChI is InChI=1S/C12H18N2O4S/c1-9-2-3-10(19-9)12(18)13-8-11(17)14(4-6-15)5-7-16/h2-3,15-16H,4-8H2,1H3,(H,13,18). The molecule has 0 aliphatic rings. The molecule has 106 valence electrons. The Hall–Kier alpha value is -1.44. The van der Waals surface area contributed by atoms with Crippen LogP contribution in [0.1, 0.15) is 14.5 Å². The van der Waals surface area contributed by atoms with Crippen LogP contribution < -0.4 is 5.32 Å². The van der Waals surface area contributed by atoms with Gasteiger partial charge in [0.2, 0.25) is 5.91 Å². The van der Waals surface area contributed by atoms with Gasteiger partial charge in [-0.1, -0.05) is 0 Å². The van der Waals surface area contributed by atoms with Gasteiger partial charge in [0.05, 0.1) is 24.6 Å². The van der Waals surface area contributed by atoms with Crippen LogP contribution in [0.3, 0.4) is 0 Å². The van der Waals surface area contributed by atoms with E-state index in [2.05, 4.69) is 5.32 Å². The van der Waals surface area contributed by atoms with Crippen LogP contribution in [-0.4, -0.2) is 59.8 Å². The maximum atomic E-state index is 11.8. The first-order valence-corrected chi connectivity index (χ1v) is 6.74. The summed E-state index contributed by atoms with van der Waals surface area (Å²) < 4.78 is 0. The maximum Gasteiger partial charge on any atom is 0.261 e. The second-order valence-corrected chi connectivity index (χ2v) is 5.21. The molecule has 0 aromatic carbocycles. The van der Waals surface area contributed by atoms with E-state index in [0.29, 0.717) is 4.88 Å². The van der Waals surface area contributed by atoms with E-state index in [1.54, 1.807) is 6.07 Å². The second-order valence-electron chi connectivity index (χ2n) is 3.92. The van der Waals surface area contributed by atoms with Crippen molar-refractivity contribution in [1.29, 1.82) is 0 Å². The number of hydrogen-bond acceptors (Lipinski definition) is 5. The molecule has 0 unspecified atom stereocenters. The van der Waals surface area contributed by atoms with Crippen molar-refractivity contribution in [2.24, 2.45) is 0 Å². The Morgan fingerprint density at radius 2 is 1.89 bits per heavy atom. The zero-order valence-corrected chi connectivity index (χ0v) is 11.6. The number of rotatable bonds is 7. The van der Waals surface area contributed by atoms with Crippen LogP contribution >= 0.6 is 11.3 Å². The zero-order chi connectivity index (χ0) is 14.3. The number of carbonyl (C=O) groups is 2. The third-order valence-electron chi connectivity index (χ3n) is 2.46. The molecule has 0 fully saturated rings. The van der Waals surface area contributed by atoms with Crippen molar-refractivity contribution < 1.29 is 19.8 Å². The van der Waals surface area contributed by atoms with E-state index in [-0.39, 0.29) is 44.7 Å². The first-order valence-electron chi connectivity index (χ1n) is 5.92. The summed E-state index contributed by atoms with van der Waals surface area (Å²) in [6.45, 7) is 1.70. The van der Waals surface area contributed by atoms with Gasteiger partial charge < -0.3 is 20.4 Å². The van der Waals surface area contributed by atoms with E-state index in [1.165, 1.54) is 16.2 Å². The zero-order valence-electron chi connectivity index (χ0n) is 10.8. The largest absolute Gasteiger partial charge is 0.395 e. The molecule has 6 nitrogen and oxygen atoms in total. The Balaban J connectivity index is 2.46. The van der Waals surface area contributed by atoms with Crippen LogP contribution in [0.25, 0.3) is 0 Å². The highest BCUT2D eigenvalue weighted by Crippen LogP contribution is 2.14. The Bertz CT molecular complexity index is 427.